The minimum Gasteiger partial charge on any atom is -0.852 e. The molecular weight excluding hydrogens is 699 g/mol. The molecule has 0 aliphatic heterocycles. The zero-order valence-electron chi connectivity index (χ0n) is 22.4. The van der Waals surface area contributed by atoms with Crippen molar-refractivity contribution in [2.45, 2.75) is 0 Å². The summed E-state index contributed by atoms with van der Waals surface area (Å²) in [7, 11) is 0. The molecule has 1 radical (unpaired) electrons. The molecule has 6 rings (SSSR count). The molecule has 2 aromatic heterocycles. The molecule has 0 amide bonds. The van der Waals surface area contributed by atoms with Gasteiger partial charge >= 0.3 is 38.2 Å². The van der Waals surface area contributed by atoms with Crippen LogP contribution in [0.1, 0.15) is 0 Å². The Morgan fingerprint density at radius 1 is 0.419 bits per heavy atom. The number of hydrogen-bond acceptors (Lipinski definition) is 8. The molecule has 6 aromatic rings. The van der Waals surface area contributed by atoms with Gasteiger partial charge in [-0.15, -0.1) is 0 Å². The maximum atomic E-state index is 10.5. The predicted molar refractivity (Wildman–Crippen MR) is 150 cm³/mol. The first-order valence-electron chi connectivity index (χ1n) is 12.2. The monoisotopic (exact) mass is 725 g/mol. The van der Waals surface area contributed by atoms with Crippen LogP contribution in [0.2, 0.25) is 0 Å². The van der Waals surface area contributed by atoms with E-state index in [0.29, 0.717) is 0 Å². The van der Waals surface area contributed by atoms with Crippen LogP contribution in [0.4, 0.5) is 0 Å². The largest absolute Gasteiger partial charge is 3.00 e. The molecule has 0 aliphatic rings. The summed E-state index contributed by atoms with van der Waals surface area (Å²) in [5, 5.41) is 65.3. The van der Waals surface area contributed by atoms with E-state index in [4.69, 9.17) is 0 Å². The van der Waals surface area contributed by atoms with E-state index in [0.717, 1.165) is 21.8 Å². The summed E-state index contributed by atoms with van der Waals surface area (Å²) in [6.07, 6.45) is 3.60. The Balaban J connectivity index is 0.000000289. The Kier molecular flexibility index (Phi) is 16.5. The first kappa shape index (κ1) is 36.4. The fraction of sp³-hybridized carbons (Fsp3) is 0. The van der Waals surface area contributed by atoms with E-state index < -0.39 is 34.5 Å². The molecule has 2 heterocycles. The van der Waals surface area contributed by atoms with Crippen LogP contribution in [0.3, 0.4) is 0 Å². The molecule has 219 valence electrons. The zero-order valence-corrected chi connectivity index (χ0v) is 24.5. The van der Waals surface area contributed by atoms with Crippen LogP contribution < -0.4 is 30.6 Å². The molecule has 0 atom stereocenters. The van der Waals surface area contributed by atoms with Crippen LogP contribution in [-0.4, -0.2) is 15.4 Å². The third-order valence-corrected chi connectivity index (χ3v) is 5.23. The second kappa shape index (κ2) is 19.5. The van der Waals surface area contributed by atoms with Crippen molar-refractivity contribution in [3.8, 4) is 34.5 Å². The SMILES string of the molecule is O.[Dy+3].[O-]c1ccccc[c+]1[O-].[O-]c1ccccc[c+]1[O-].[O-]c1ccccc[c+]1[O-].c1cnc2c(c1)ccc1cccnc12. The molecule has 0 bridgehead atoms. The van der Waals surface area contributed by atoms with Gasteiger partial charge in [-0.25, -0.2) is 0 Å². The van der Waals surface area contributed by atoms with Crippen LogP contribution in [0, 0.1) is 38.2 Å². The van der Waals surface area contributed by atoms with Crippen LogP contribution in [-0.2, 0) is 0 Å². The minimum atomic E-state index is -0.458. The minimum absolute atomic E-state index is 0. The Bertz CT molecular complexity index is 1510. The van der Waals surface area contributed by atoms with Gasteiger partial charge in [0, 0.05) is 149 Å². The second-order valence-corrected chi connectivity index (χ2v) is 8.13. The smallest absolute Gasteiger partial charge is 0.852 e. The third-order valence-electron chi connectivity index (χ3n) is 5.23. The summed E-state index contributed by atoms with van der Waals surface area (Å²) < 4.78 is 0. The molecule has 0 spiro atoms. The summed E-state index contributed by atoms with van der Waals surface area (Å²) in [6.45, 7) is 0. The Hall–Kier alpha value is -4.66. The first-order chi connectivity index (χ1) is 19.9. The summed E-state index contributed by atoms with van der Waals surface area (Å²) in [5.74, 6) is -2.75. The number of hydrogen-bond donors (Lipinski definition) is 0. The van der Waals surface area contributed by atoms with Gasteiger partial charge in [0.1, 0.15) is 0 Å². The molecule has 0 saturated carbocycles. The predicted octanol–water partition coefficient (Wildman–Crippen LogP) is 2.30. The maximum Gasteiger partial charge on any atom is 3.00 e. The molecule has 43 heavy (non-hydrogen) atoms. The third kappa shape index (κ3) is 12.0. The van der Waals surface area contributed by atoms with E-state index in [9.17, 15) is 30.6 Å². The standard InChI is InChI=1S/C12H8N2.3C7H6O2.Dy.H2O/c1-3-9-5-6-10-4-2-8-14-12(10)11(9)13-7-1;3*8-6-4-2-1-3-5-7(6)9;;/h1-8H;3*1-5,8H;;1H2/q;;;;+3;/p-3. The van der Waals surface area contributed by atoms with Gasteiger partial charge < -0.3 is 36.1 Å². The van der Waals surface area contributed by atoms with Gasteiger partial charge in [-0.05, 0) is 12.1 Å². The van der Waals surface area contributed by atoms with Gasteiger partial charge in [-0.2, -0.15) is 0 Å². The van der Waals surface area contributed by atoms with Crippen molar-refractivity contribution in [3.63, 3.8) is 0 Å². The van der Waals surface area contributed by atoms with E-state index in [1.54, 1.807) is 67.0 Å². The van der Waals surface area contributed by atoms with Gasteiger partial charge in [-0.1, -0.05) is 24.3 Å². The Morgan fingerprint density at radius 3 is 1.07 bits per heavy atom. The number of rotatable bonds is 0. The van der Waals surface area contributed by atoms with Gasteiger partial charge in [-0.3, -0.25) is 9.97 Å². The summed E-state index contributed by atoms with van der Waals surface area (Å²) >= 11 is 0. The van der Waals surface area contributed by atoms with Crippen molar-refractivity contribution in [2.24, 2.45) is 0 Å². The summed E-state index contributed by atoms with van der Waals surface area (Å²) in [6, 6.07) is 33.8. The van der Waals surface area contributed by atoms with Crippen LogP contribution >= 0.6 is 0 Å². The number of nitrogens with zero attached hydrogens (tertiary/aromatic N) is 2. The average Bonchev–Trinajstić information content (AvgIpc) is 3.40. The molecular formula is C33H25DyN2O7. The Morgan fingerprint density at radius 2 is 0.744 bits per heavy atom. The molecule has 0 fully saturated rings. The maximum absolute atomic E-state index is 10.5. The van der Waals surface area contributed by atoms with Crippen LogP contribution in [0.25, 0.3) is 21.8 Å². The molecule has 2 N–H and O–H groups in total. The van der Waals surface area contributed by atoms with Crippen LogP contribution in [0.15, 0.2) is 140 Å². The normalized spacial score (nSPS) is 9.12. The molecule has 4 aromatic carbocycles. The van der Waals surface area contributed by atoms with Crippen molar-refractivity contribution in [3.05, 3.63) is 140 Å². The van der Waals surface area contributed by atoms with E-state index >= 15 is 0 Å². The van der Waals surface area contributed by atoms with Crippen molar-refractivity contribution in [2.75, 3.05) is 0 Å². The van der Waals surface area contributed by atoms with Gasteiger partial charge in [0.25, 0.3) is 0 Å². The molecule has 9 nitrogen and oxygen atoms in total. The number of fused-ring (bicyclic) bond motifs is 3. The molecule has 0 aliphatic carbocycles. The van der Waals surface area contributed by atoms with Gasteiger partial charge in [0.05, 0.1) is 11.0 Å². The van der Waals surface area contributed by atoms with Crippen molar-refractivity contribution in [1.82, 2.24) is 9.97 Å². The first-order valence-corrected chi connectivity index (χ1v) is 12.2. The van der Waals surface area contributed by atoms with E-state index in [-0.39, 0.29) is 43.6 Å². The van der Waals surface area contributed by atoms with Gasteiger partial charge in [0.2, 0.25) is 0 Å². The number of pyridine rings is 2. The summed E-state index contributed by atoms with van der Waals surface area (Å²) in [4.78, 5) is 8.69. The Labute approximate surface area is 278 Å². The average molecular weight is 724 g/mol. The quantitative estimate of drug-likeness (QED) is 0.168. The number of aromatic nitrogens is 2. The van der Waals surface area contributed by atoms with Crippen molar-refractivity contribution in [1.29, 1.82) is 0 Å². The summed E-state index contributed by atoms with van der Waals surface area (Å²) in [5.41, 5.74) is 1.95. The second-order valence-electron chi connectivity index (χ2n) is 8.13. The van der Waals surface area contributed by atoms with E-state index in [1.165, 1.54) is 36.4 Å². The van der Waals surface area contributed by atoms with Crippen molar-refractivity contribution < 1.29 is 74.3 Å². The van der Waals surface area contributed by atoms with Crippen molar-refractivity contribution >= 4 is 21.8 Å². The molecule has 0 saturated heterocycles. The topological polar surface area (TPSA) is 196 Å². The van der Waals surface area contributed by atoms with Gasteiger partial charge in [0.15, 0.2) is 0 Å². The molecule has 0 unspecified atom stereocenters. The zero-order chi connectivity index (χ0) is 29.5. The van der Waals surface area contributed by atoms with Crippen LogP contribution in [0.5, 0.6) is 34.5 Å². The van der Waals surface area contributed by atoms with E-state index in [1.807, 2.05) is 12.1 Å². The fourth-order valence-corrected chi connectivity index (χ4v) is 3.22. The molecule has 10 heteroatoms. The number of benzene rings is 1. The van der Waals surface area contributed by atoms with E-state index in [2.05, 4.69) is 34.2 Å². The fourth-order valence-electron chi connectivity index (χ4n) is 3.22.